The molecular weight excluding hydrogens is 344 g/mol. The highest BCUT2D eigenvalue weighted by Gasteiger charge is 2.70. The van der Waals surface area contributed by atoms with Gasteiger partial charge in [-0.3, -0.25) is 0 Å². The van der Waals surface area contributed by atoms with Gasteiger partial charge in [-0.25, -0.2) is 0 Å². The fourth-order valence-electron chi connectivity index (χ4n) is 5.37. The quantitative estimate of drug-likeness (QED) is 0.283. The fourth-order valence-corrected chi connectivity index (χ4v) is 6.76. The molecule has 0 bridgehead atoms. The Balaban J connectivity index is 2.55. The third-order valence-electron chi connectivity index (χ3n) is 8.65. The van der Waals surface area contributed by atoms with E-state index in [-0.39, 0.29) is 22.5 Å². The van der Waals surface area contributed by atoms with E-state index in [1.165, 1.54) is 6.42 Å². The topological polar surface area (TPSA) is 9.23 Å². The van der Waals surface area contributed by atoms with Crippen LogP contribution in [0, 0.1) is 52.8 Å². The smallest absolute Gasteiger partial charge is 0.192 e. The molecule has 1 nitrogen and oxygen atoms in total. The molecule has 2 aliphatic rings. The van der Waals surface area contributed by atoms with E-state index in [9.17, 15) is 0 Å². The van der Waals surface area contributed by atoms with Crippen LogP contribution in [-0.2, 0) is 4.43 Å². The maximum Gasteiger partial charge on any atom is 0.192 e. The molecule has 0 aromatic rings. The average Bonchev–Trinajstić information content (AvgIpc) is 3.06. The van der Waals surface area contributed by atoms with Crippen LogP contribution in [0.1, 0.15) is 61.8 Å². The second-order valence-corrected chi connectivity index (χ2v) is 16.4. The SMILES string of the molecule is C#C[C@]1(C)[C@@H]([C@H](O[Si](C)(C)C(C)(C)C)[C@H](C)C=C=C)[C@@H]2[C@@H](C[C@H]1C)C2(C)C. The zero-order chi connectivity index (χ0) is 21.0. The van der Waals surface area contributed by atoms with Gasteiger partial charge >= 0.3 is 0 Å². The minimum absolute atomic E-state index is 0.123. The van der Waals surface area contributed by atoms with Crippen LogP contribution in [0.4, 0.5) is 0 Å². The van der Waals surface area contributed by atoms with Crippen molar-refractivity contribution in [1.82, 2.24) is 0 Å². The van der Waals surface area contributed by atoms with Crippen LogP contribution >= 0.6 is 0 Å². The van der Waals surface area contributed by atoms with Crippen LogP contribution in [0.25, 0.3) is 0 Å². The van der Waals surface area contributed by atoms with Crippen LogP contribution < -0.4 is 0 Å². The monoisotopic (exact) mass is 386 g/mol. The molecule has 2 rings (SSSR count). The predicted octanol–water partition coefficient (Wildman–Crippen LogP) is 6.92. The van der Waals surface area contributed by atoms with Gasteiger partial charge in [-0.1, -0.05) is 61.0 Å². The summed E-state index contributed by atoms with van der Waals surface area (Å²) in [5.41, 5.74) is 3.25. The summed E-state index contributed by atoms with van der Waals surface area (Å²) >= 11 is 0. The normalized spacial score (nSPS) is 37.4. The minimum Gasteiger partial charge on any atom is -0.413 e. The van der Waals surface area contributed by atoms with E-state index < -0.39 is 8.32 Å². The van der Waals surface area contributed by atoms with Crippen LogP contribution in [0.3, 0.4) is 0 Å². The summed E-state index contributed by atoms with van der Waals surface area (Å²) in [7, 11) is -1.94. The van der Waals surface area contributed by atoms with Gasteiger partial charge in [0.05, 0.1) is 6.10 Å². The molecule has 0 unspecified atom stereocenters. The molecule has 0 aromatic heterocycles. The van der Waals surface area contributed by atoms with Crippen molar-refractivity contribution in [1.29, 1.82) is 0 Å². The number of terminal acetylenes is 1. The lowest BCUT2D eigenvalue weighted by Gasteiger charge is -2.50. The van der Waals surface area contributed by atoms with Gasteiger partial charge in [0.2, 0.25) is 0 Å². The summed E-state index contributed by atoms with van der Waals surface area (Å²) in [6.45, 7) is 27.3. The first-order valence-electron chi connectivity index (χ1n) is 10.7. The highest BCUT2D eigenvalue weighted by Crippen LogP contribution is 2.73. The maximum absolute atomic E-state index is 7.14. The van der Waals surface area contributed by atoms with E-state index in [0.29, 0.717) is 23.2 Å². The Kier molecular flexibility index (Phi) is 5.80. The lowest BCUT2D eigenvalue weighted by molar-refractivity contribution is -0.0231. The van der Waals surface area contributed by atoms with Crippen molar-refractivity contribution in [2.75, 3.05) is 0 Å². The van der Waals surface area contributed by atoms with Gasteiger partial charge in [0, 0.05) is 17.3 Å². The molecule has 0 N–H and O–H groups in total. The lowest BCUT2D eigenvalue weighted by Crippen LogP contribution is -2.53. The first-order valence-corrected chi connectivity index (χ1v) is 13.6. The summed E-state index contributed by atoms with van der Waals surface area (Å²) in [5.74, 6) is 5.82. The second-order valence-electron chi connectivity index (χ2n) is 11.6. The standard InChI is InChI=1S/C25H42OSi/c1-13-15-17(3)22(26-27(11,12)23(5,6)7)21-20-19(24(20,8)9)16-18(4)25(21,10)14-2/h2,15,17-22H,1,16H2,3-12H3/t17-,18-,19-,20+,21-,22-,25+/m1/s1. The lowest BCUT2D eigenvalue weighted by atomic mass is 9.59. The summed E-state index contributed by atoms with van der Waals surface area (Å²) in [6, 6.07) is 0. The maximum atomic E-state index is 7.14. The Labute approximate surface area is 170 Å². The predicted molar refractivity (Wildman–Crippen MR) is 120 cm³/mol. The molecule has 7 atom stereocenters. The number of hydrogen-bond donors (Lipinski definition) is 0. The van der Waals surface area contributed by atoms with Crippen LogP contribution in [0.15, 0.2) is 18.4 Å². The molecule has 0 amide bonds. The summed E-state index contributed by atoms with van der Waals surface area (Å²) in [5, 5.41) is 0.175. The highest BCUT2D eigenvalue weighted by molar-refractivity contribution is 6.74. The van der Waals surface area contributed by atoms with E-state index in [2.05, 4.69) is 92.8 Å². The molecule has 0 aliphatic heterocycles. The molecule has 0 aromatic carbocycles. The number of rotatable bonds is 5. The largest absolute Gasteiger partial charge is 0.413 e. The molecule has 0 saturated heterocycles. The molecule has 0 heterocycles. The average molecular weight is 387 g/mol. The van der Waals surface area contributed by atoms with Gasteiger partial charge in [-0.15, -0.1) is 12.2 Å². The number of hydrogen-bond acceptors (Lipinski definition) is 1. The minimum atomic E-state index is -1.94. The third kappa shape index (κ3) is 3.64. The molecule has 2 aliphatic carbocycles. The molecule has 2 heteroatoms. The van der Waals surface area contributed by atoms with Gasteiger partial charge in [-0.05, 0) is 60.7 Å². The van der Waals surface area contributed by atoms with E-state index in [4.69, 9.17) is 10.8 Å². The van der Waals surface area contributed by atoms with Crippen LogP contribution in [0.2, 0.25) is 18.1 Å². The van der Waals surface area contributed by atoms with Crippen molar-refractivity contribution in [3.8, 4) is 12.3 Å². The van der Waals surface area contributed by atoms with E-state index in [0.717, 1.165) is 5.92 Å². The van der Waals surface area contributed by atoms with Crippen LogP contribution in [0.5, 0.6) is 0 Å². The Morgan fingerprint density at radius 2 is 1.81 bits per heavy atom. The van der Waals surface area contributed by atoms with E-state index >= 15 is 0 Å². The molecule has 0 radical (unpaired) electrons. The van der Waals surface area contributed by atoms with E-state index in [1.54, 1.807) is 0 Å². The Morgan fingerprint density at radius 3 is 2.26 bits per heavy atom. The van der Waals surface area contributed by atoms with Crippen molar-refractivity contribution >= 4 is 8.32 Å². The van der Waals surface area contributed by atoms with E-state index in [1.807, 2.05) is 0 Å². The zero-order valence-electron chi connectivity index (χ0n) is 19.4. The molecule has 152 valence electrons. The molecule has 0 spiro atoms. The Morgan fingerprint density at radius 1 is 1.26 bits per heavy atom. The van der Waals surface area contributed by atoms with Gasteiger partial charge in [-0.2, -0.15) is 0 Å². The molecule has 27 heavy (non-hydrogen) atoms. The summed E-state index contributed by atoms with van der Waals surface area (Å²) in [6.07, 6.45) is 9.68. The fraction of sp³-hybridized carbons (Fsp3) is 0.800. The first-order chi connectivity index (χ1) is 12.1. The van der Waals surface area contributed by atoms with Crippen molar-refractivity contribution in [3.63, 3.8) is 0 Å². The zero-order valence-corrected chi connectivity index (χ0v) is 20.4. The van der Waals surface area contributed by atoms with Crippen molar-refractivity contribution in [3.05, 3.63) is 18.4 Å². The molecule has 2 saturated carbocycles. The number of fused-ring (bicyclic) bond motifs is 1. The summed E-state index contributed by atoms with van der Waals surface area (Å²) < 4.78 is 7.14. The molecule has 2 fully saturated rings. The third-order valence-corrected chi connectivity index (χ3v) is 13.1. The Hall–Kier alpha value is -0.743. The van der Waals surface area contributed by atoms with Gasteiger partial charge in [0.25, 0.3) is 0 Å². The Bertz CT molecular complexity index is 655. The van der Waals surface area contributed by atoms with Crippen molar-refractivity contribution < 1.29 is 4.43 Å². The van der Waals surface area contributed by atoms with Crippen molar-refractivity contribution in [2.24, 2.45) is 40.4 Å². The van der Waals surface area contributed by atoms with Gasteiger partial charge in [0.15, 0.2) is 8.32 Å². The van der Waals surface area contributed by atoms with Gasteiger partial charge in [0.1, 0.15) is 0 Å². The first kappa shape index (κ1) is 22.5. The van der Waals surface area contributed by atoms with Crippen LogP contribution in [-0.4, -0.2) is 14.4 Å². The van der Waals surface area contributed by atoms with Gasteiger partial charge < -0.3 is 4.43 Å². The summed E-state index contributed by atoms with van der Waals surface area (Å²) in [4.78, 5) is 0. The highest BCUT2D eigenvalue weighted by atomic mass is 28.4. The van der Waals surface area contributed by atoms with Crippen molar-refractivity contribution in [2.45, 2.75) is 86.0 Å². The second kappa shape index (κ2) is 6.95. The molecular formula is C25H42OSi.